The molecule has 0 spiro atoms. The number of para-hydroxylation sites is 1. The summed E-state index contributed by atoms with van der Waals surface area (Å²) >= 11 is 6.79. The van der Waals surface area contributed by atoms with Crippen molar-refractivity contribution in [2.24, 2.45) is 0 Å². The molecule has 11 heteroatoms. The molecule has 2 rings (SSSR count). The zero-order chi connectivity index (χ0) is 15.9. The standard InChI is InChI=1S/C11H11N3S2.H2O4S.H2O/c1-8-7-16-11(12-8)14-10(15)13-9-5-3-2-4-6-9;1-5(2,3)4;/h2-7H,1H3,(H2,12,13,14,15);(H2,1,2,3,4);1H2. The number of nitrogens with one attached hydrogen (secondary N) is 3. The summed E-state index contributed by atoms with van der Waals surface area (Å²) < 4.78 is 32.8. The molecule has 1 heterocycles. The van der Waals surface area contributed by atoms with Crippen molar-refractivity contribution >= 4 is 49.9 Å². The van der Waals surface area contributed by atoms with Crippen LogP contribution in [0, 0.1) is 6.92 Å². The highest BCUT2D eigenvalue weighted by Crippen LogP contribution is 2.10. The molecule has 0 aliphatic carbocycles. The van der Waals surface area contributed by atoms with Crippen LogP contribution in [0.1, 0.15) is 5.69 Å². The topological polar surface area (TPSA) is 147 Å². The van der Waals surface area contributed by atoms with Crippen molar-refractivity contribution in [3.63, 3.8) is 0 Å². The van der Waals surface area contributed by atoms with Crippen molar-refractivity contribution in [2.45, 2.75) is 6.92 Å². The Kier molecular flexibility index (Phi) is 8.70. The minimum absolute atomic E-state index is 0. The molecule has 6 N–H and O–H groups in total. The third-order valence-electron chi connectivity index (χ3n) is 1.92. The van der Waals surface area contributed by atoms with Crippen molar-refractivity contribution in [3.05, 3.63) is 41.4 Å². The molecule has 122 valence electrons. The van der Waals surface area contributed by atoms with E-state index in [0.29, 0.717) is 5.11 Å². The highest BCUT2D eigenvalue weighted by atomic mass is 32.3. The van der Waals surface area contributed by atoms with Crippen molar-refractivity contribution in [3.8, 4) is 0 Å². The zero-order valence-electron chi connectivity index (χ0n) is 11.4. The molecule has 0 aliphatic rings. The van der Waals surface area contributed by atoms with Crippen LogP contribution in [0.15, 0.2) is 35.7 Å². The Morgan fingerprint density at radius 3 is 2.32 bits per heavy atom. The second-order valence-electron chi connectivity index (χ2n) is 3.75. The molecule has 0 amide bonds. The van der Waals surface area contributed by atoms with Gasteiger partial charge in [-0.25, -0.2) is 18.7 Å². The summed E-state index contributed by atoms with van der Waals surface area (Å²) in [6, 6.07) is 9.84. The summed E-state index contributed by atoms with van der Waals surface area (Å²) in [6.07, 6.45) is 0. The summed E-state index contributed by atoms with van der Waals surface area (Å²) in [6.45, 7) is 2.01. The first-order chi connectivity index (χ1) is 9.74. The van der Waals surface area contributed by atoms with Crippen LogP contribution >= 0.6 is 23.6 Å². The van der Waals surface area contributed by atoms with Crippen molar-refractivity contribution < 1.29 is 28.0 Å². The molecule has 0 saturated heterocycles. The van der Waals surface area contributed by atoms with Crippen molar-refractivity contribution in [2.75, 3.05) is 10.6 Å². The number of rotatable bonds is 2. The zero-order valence-corrected chi connectivity index (χ0v) is 13.8. The first kappa shape index (κ1) is 20.4. The number of thiocarbonyl (C=S) groups is 1. The Bertz CT molecular complexity index is 680. The number of hydrogen-bond donors (Lipinski definition) is 3. The van der Waals surface area contributed by atoms with E-state index in [-0.39, 0.29) is 5.48 Å². The van der Waals surface area contributed by atoms with E-state index in [2.05, 4.69) is 15.6 Å². The molecule has 8 nitrogen and oxygen atoms in total. The summed E-state index contributed by atoms with van der Waals surface area (Å²) in [5.74, 6) is 0. The van der Waals surface area contributed by atoms with Gasteiger partial charge >= 0.3 is 5.13 Å². The molecule has 0 unspecified atom stereocenters. The van der Waals surface area contributed by atoms with Gasteiger partial charge in [0.1, 0.15) is 5.69 Å². The monoisotopic (exact) mass is 365 g/mol. The van der Waals surface area contributed by atoms with E-state index in [4.69, 9.17) is 29.7 Å². The van der Waals surface area contributed by atoms with Crippen LogP contribution in [0.4, 0.5) is 10.8 Å². The molecule has 22 heavy (non-hydrogen) atoms. The molecule has 2 aromatic rings. The molecular weight excluding hydrogens is 350 g/mol. The average molecular weight is 365 g/mol. The van der Waals surface area contributed by atoms with E-state index in [1.165, 1.54) is 0 Å². The number of aryl methyl sites for hydroxylation is 1. The summed E-state index contributed by atoms with van der Waals surface area (Å²) in [7, 11) is -4.92. The second-order valence-corrected chi connectivity index (χ2v) is 5.89. The maximum Gasteiger partial charge on any atom is 0.338 e. The third-order valence-corrected chi connectivity index (χ3v) is 3.04. The van der Waals surface area contributed by atoms with Gasteiger partial charge in [0, 0.05) is 11.1 Å². The largest absolute Gasteiger partial charge is 0.726 e. The molecule has 0 fully saturated rings. The number of anilines is 2. The maximum atomic E-state index is 8.63. The quantitative estimate of drug-likeness (QED) is 0.406. The highest BCUT2D eigenvalue weighted by Gasteiger charge is 2.08. The van der Waals surface area contributed by atoms with Gasteiger partial charge in [0.05, 0.1) is 0 Å². The van der Waals surface area contributed by atoms with Crippen LogP contribution in [0.25, 0.3) is 0 Å². The Labute approximate surface area is 137 Å². The van der Waals surface area contributed by atoms with Gasteiger partial charge in [-0.15, -0.1) is 0 Å². The van der Waals surface area contributed by atoms with E-state index in [9.17, 15) is 0 Å². The van der Waals surface area contributed by atoms with E-state index < -0.39 is 10.4 Å². The normalized spacial score (nSPS) is 9.77. The molecule has 0 atom stereocenters. The van der Waals surface area contributed by atoms with E-state index in [0.717, 1.165) is 16.5 Å². The summed E-state index contributed by atoms with van der Waals surface area (Å²) in [5, 5.41) is 9.76. The molecule has 1 aromatic heterocycles. The van der Waals surface area contributed by atoms with Gasteiger partial charge in [-0.2, -0.15) is 0 Å². The van der Waals surface area contributed by atoms with Crippen LogP contribution in [-0.2, 0) is 10.4 Å². The highest BCUT2D eigenvalue weighted by molar-refractivity contribution is 7.80. The van der Waals surface area contributed by atoms with Gasteiger partial charge in [0.25, 0.3) is 5.11 Å². The molecule has 1 aromatic carbocycles. The predicted molar refractivity (Wildman–Crippen MR) is 87.8 cm³/mol. The van der Waals surface area contributed by atoms with Crippen LogP contribution in [-0.4, -0.2) is 28.1 Å². The lowest BCUT2D eigenvalue weighted by Gasteiger charge is -2.02. The van der Waals surface area contributed by atoms with Gasteiger partial charge in [0.2, 0.25) is 10.4 Å². The fourth-order valence-electron chi connectivity index (χ4n) is 1.23. The molecule has 0 saturated carbocycles. The first-order valence-electron chi connectivity index (χ1n) is 5.53. The van der Waals surface area contributed by atoms with E-state index in [1.807, 2.05) is 42.6 Å². The van der Waals surface area contributed by atoms with Crippen molar-refractivity contribution in [1.82, 2.24) is 0 Å². The lowest BCUT2D eigenvalue weighted by molar-refractivity contribution is -0.363. The lowest BCUT2D eigenvalue weighted by atomic mass is 10.3. The number of H-pyrrole nitrogens is 1. The van der Waals surface area contributed by atoms with Gasteiger partial charge in [-0.1, -0.05) is 29.5 Å². The van der Waals surface area contributed by atoms with Crippen LogP contribution in [0.2, 0.25) is 0 Å². The average Bonchev–Trinajstić information content (AvgIpc) is 2.73. The first-order valence-corrected chi connectivity index (χ1v) is 8.18. The van der Waals surface area contributed by atoms with Crippen LogP contribution < -0.4 is 15.6 Å². The molecular formula is C11H15N3O5S3. The van der Waals surface area contributed by atoms with Gasteiger partial charge in [-0.3, -0.25) is 4.55 Å². The van der Waals surface area contributed by atoms with Gasteiger partial charge in [-0.05, 0) is 31.3 Å². The fourth-order valence-corrected chi connectivity index (χ4v) is 2.25. The van der Waals surface area contributed by atoms with Gasteiger partial charge in [0.15, 0.2) is 0 Å². The molecule has 0 aliphatic heterocycles. The van der Waals surface area contributed by atoms with E-state index in [1.54, 1.807) is 11.3 Å². The third kappa shape index (κ3) is 10.1. The minimum atomic E-state index is -4.92. The molecule has 0 radical (unpaired) electrons. The van der Waals surface area contributed by atoms with Crippen LogP contribution in [0.5, 0.6) is 0 Å². The second kappa shape index (κ2) is 9.40. The van der Waals surface area contributed by atoms with Gasteiger partial charge < -0.3 is 15.3 Å². The fraction of sp³-hybridized carbons (Fsp3) is 0.0909. The Balaban J connectivity index is 0.000000644. The number of aromatic nitrogens is 1. The smallest absolute Gasteiger partial charge is 0.338 e. The Morgan fingerprint density at radius 1 is 1.32 bits per heavy atom. The van der Waals surface area contributed by atoms with Crippen LogP contribution in [0.3, 0.4) is 0 Å². The summed E-state index contributed by atoms with van der Waals surface area (Å²) in [4.78, 5) is 3.17. The maximum absolute atomic E-state index is 8.63. The summed E-state index contributed by atoms with van der Waals surface area (Å²) in [5.41, 5.74) is 2.10. The number of benzene rings is 1. The van der Waals surface area contributed by atoms with E-state index >= 15 is 0 Å². The Morgan fingerprint density at radius 2 is 1.86 bits per heavy atom. The lowest BCUT2D eigenvalue weighted by Crippen LogP contribution is -2.22. The Hall–Kier alpha value is -1.63. The number of thiazole rings is 1. The minimum Gasteiger partial charge on any atom is -0.726 e. The number of hydrogen-bond acceptors (Lipinski definition) is 5. The molecule has 0 bridgehead atoms. The predicted octanol–water partition coefficient (Wildman–Crippen LogP) is 0.859. The van der Waals surface area contributed by atoms with Crippen molar-refractivity contribution in [1.29, 1.82) is 0 Å². The number of aromatic amines is 1. The SMILES string of the molecule is Cc1csc(NC(=S)Nc2ccccc2)[nH+]1.O.O=S(=O)([O-])O.